The van der Waals surface area contributed by atoms with Gasteiger partial charge in [-0.05, 0) is 48.9 Å². The first-order valence-electron chi connectivity index (χ1n) is 9.74. The van der Waals surface area contributed by atoms with Crippen LogP contribution in [-0.4, -0.2) is 22.6 Å². The van der Waals surface area contributed by atoms with Crippen LogP contribution < -0.4 is 10.7 Å². The van der Waals surface area contributed by atoms with Crippen LogP contribution in [0, 0.1) is 0 Å². The van der Waals surface area contributed by atoms with Crippen LogP contribution in [0.3, 0.4) is 0 Å². The Morgan fingerprint density at radius 3 is 2.52 bits per heavy atom. The zero-order chi connectivity index (χ0) is 23.4. The fourth-order valence-corrected chi connectivity index (χ4v) is 5.00. The van der Waals surface area contributed by atoms with Gasteiger partial charge in [0, 0.05) is 9.85 Å². The third kappa shape index (κ3) is 5.41. The van der Waals surface area contributed by atoms with Gasteiger partial charge in [-0.1, -0.05) is 28.1 Å². The summed E-state index contributed by atoms with van der Waals surface area (Å²) in [6.45, 7) is 1.97. The molecule has 3 aromatic heterocycles. The molecule has 0 spiro atoms. The first-order valence-corrected chi connectivity index (χ1v) is 12.2. The molecular weight excluding hydrogens is 526 g/mol. The minimum absolute atomic E-state index is 0.115. The smallest absolute Gasteiger partial charge is 0.281 e. The van der Waals surface area contributed by atoms with Gasteiger partial charge in [0.1, 0.15) is 11.5 Å². The molecule has 7 nitrogen and oxygen atoms in total. The largest absolute Gasteiger partial charge is 0.506 e. The van der Waals surface area contributed by atoms with Gasteiger partial charge in [-0.3, -0.25) is 9.59 Å². The second-order valence-corrected chi connectivity index (χ2v) is 9.78. The van der Waals surface area contributed by atoms with Crippen molar-refractivity contribution in [3.8, 4) is 16.2 Å². The summed E-state index contributed by atoms with van der Waals surface area (Å²) in [6, 6.07) is 14.3. The van der Waals surface area contributed by atoms with E-state index in [1.807, 2.05) is 24.3 Å². The van der Waals surface area contributed by atoms with Gasteiger partial charge in [-0.2, -0.15) is 5.10 Å². The lowest BCUT2D eigenvalue weighted by atomic mass is 10.1. The molecule has 0 aliphatic carbocycles. The average molecular weight is 544 g/mol. The van der Waals surface area contributed by atoms with Gasteiger partial charge in [0.05, 0.1) is 38.7 Å². The number of furan rings is 1. The Balaban J connectivity index is 1.39. The molecule has 168 valence electrons. The number of amides is 2. The lowest BCUT2D eigenvalue weighted by Gasteiger charge is -2.03. The second kappa shape index (κ2) is 10.2. The highest BCUT2D eigenvalue weighted by Crippen LogP contribution is 2.39. The lowest BCUT2D eigenvalue weighted by Crippen LogP contribution is -2.21. The molecule has 0 bridgehead atoms. The first-order chi connectivity index (χ1) is 15.9. The molecule has 0 aliphatic heterocycles. The van der Waals surface area contributed by atoms with Crippen LogP contribution in [0.2, 0.25) is 0 Å². The van der Waals surface area contributed by atoms with E-state index in [9.17, 15) is 14.7 Å². The molecule has 0 unspecified atom stereocenters. The normalized spacial score (nSPS) is 11.4. The highest BCUT2D eigenvalue weighted by molar-refractivity contribution is 9.10. The number of nitrogens with one attached hydrogen (secondary N) is 2. The number of hydrogen-bond acceptors (Lipinski definition) is 7. The van der Waals surface area contributed by atoms with E-state index in [2.05, 4.69) is 31.8 Å². The van der Waals surface area contributed by atoms with E-state index in [0.29, 0.717) is 26.8 Å². The van der Waals surface area contributed by atoms with Crippen LogP contribution in [-0.2, 0) is 6.54 Å². The highest BCUT2D eigenvalue weighted by atomic mass is 79.9. The van der Waals surface area contributed by atoms with Crippen molar-refractivity contribution in [2.45, 2.75) is 13.5 Å². The Hall–Kier alpha value is -3.21. The molecule has 0 atom stereocenters. The number of aromatic hydroxyl groups is 1. The molecule has 0 fully saturated rings. The average Bonchev–Trinajstić information content (AvgIpc) is 3.57. The van der Waals surface area contributed by atoms with Crippen LogP contribution in [0.15, 0.2) is 74.2 Å². The second-order valence-electron chi connectivity index (χ2n) is 6.90. The fraction of sp³-hybridized carbons (Fsp3) is 0.0870. The van der Waals surface area contributed by atoms with Crippen molar-refractivity contribution in [3.05, 3.63) is 85.7 Å². The summed E-state index contributed by atoms with van der Waals surface area (Å²) in [4.78, 5) is 26.2. The molecule has 0 saturated carbocycles. The monoisotopic (exact) mass is 543 g/mol. The van der Waals surface area contributed by atoms with Crippen molar-refractivity contribution >= 4 is 56.1 Å². The van der Waals surface area contributed by atoms with Crippen molar-refractivity contribution in [2.75, 3.05) is 0 Å². The van der Waals surface area contributed by atoms with Crippen molar-refractivity contribution in [3.63, 3.8) is 0 Å². The fourth-order valence-electron chi connectivity index (χ4n) is 2.91. The molecule has 1 aromatic carbocycles. The van der Waals surface area contributed by atoms with Gasteiger partial charge in [-0.15, -0.1) is 22.7 Å². The van der Waals surface area contributed by atoms with Crippen LogP contribution in [0.4, 0.5) is 0 Å². The van der Waals surface area contributed by atoms with E-state index in [1.54, 1.807) is 36.6 Å². The van der Waals surface area contributed by atoms with Crippen LogP contribution in [0.1, 0.15) is 37.6 Å². The Labute approximate surface area is 205 Å². The maximum Gasteiger partial charge on any atom is 0.281 e. The Bertz CT molecular complexity index is 1310. The number of hydrogen-bond donors (Lipinski definition) is 3. The van der Waals surface area contributed by atoms with Crippen molar-refractivity contribution < 1.29 is 19.1 Å². The molecule has 2 amide bonds. The molecular formula is C23H18BrN3O4S2. The lowest BCUT2D eigenvalue weighted by molar-refractivity contribution is 0.0948. The number of nitrogens with zero attached hydrogens (tertiary/aromatic N) is 1. The van der Waals surface area contributed by atoms with E-state index >= 15 is 0 Å². The standard InChI is InChI=1S/C23H18BrN3O4S2/c1-13(17-12-32-21(20(17)28)14-4-6-15(24)7-5-14)26-27-23(30)19-9-8-18(33-19)22(29)25-11-16-3-2-10-31-16/h2-10,12,28H,11H2,1H3,(H,25,29)(H,27,30)/b26-13-. The molecule has 0 saturated heterocycles. The van der Waals surface area contributed by atoms with Gasteiger partial charge < -0.3 is 14.8 Å². The molecule has 4 rings (SSSR count). The van der Waals surface area contributed by atoms with E-state index in [-0.39, 0.29) is 18.2 Å². The van der Waals surface area contributed by atoms with Crippen LogP contribution in [0.5, 0.6) is 5.75 Å². The predicted octanol–water partition coefficient (Wildman–Crippen LogP) is 5.62. The summed E-state index contributed by atoms with van der Waals surface area (Å²) in [5.41, 5.74) is 4.39. The molecule has 10 heteroatoms. The summed E-state index contributed by atoms with van der Waals surface area (Å²) in [6.07, 6.45) is 1.54. The molecule has 0 radical (unpaired) electrons. The van der Waals surface area contributed by atoms with E-state index in [0.717, 1.165) is 26.3 Å². The summed E-state index contributed by atoms with van der Waals surface area (Å²) in [5, 5.41) is 19.3. The van der Waals surface area contributed by atoms with E-state index in [1.165, 1.54) is 17.6 Å². The number of carbonyl (C=O) groups is 2. The van der Waals surface area contributed by atoms with Gasteiger partial charge in [-0.25, -0.2) is 5.43 Å². The minimum Gasteiger partial charge on any atom is -0.506 e. The molecule has 0 aliphatic rings. The predicted molar refractivity (Wildman–Crippen MR) is 133 cm³/mol. The van der Waals surface area contributed by atoms with Crippen LogP contribution in [0.25, 0.3) is 10.4 Å². The number of rotatable bonds is 7. The van der Waals surface area contributed by atoms with E-state index < -0.39 is 5.91 Å². The van der Waals surface area contributed by atoms with Gasteiger partial charge in [0.25, 0.3) is 11.8 Å². The van der Waals surface area contributed by atoms with Crippen molar-refractivity contribution in [1.82, 2.24) is 10.7 Å². The third-order valence-corrected chi connectivity index (χ3v) is 7.27. The molecule has 3 N–H and O–H groups in total. The van der Waals surface area contributed by atoms with Gasteiger partial charge in [0.15, 0.2) is 0 Å². The number of thiophene rings is 2. The third-order valence-electron chi connectivity index (χ3n) is 4.64. The van der Waals surface area contributed by atoms with Crippen molar-refractivity contribution in [2.24, 2.45) is 5.10 Å². The highest BCUT2D eigenvalue weighted by Gasteiger charge is 2.16. The topological polar surface area (TPSA) is 104 Å². The Morgan fingerprint density at radius 1 is 1.09 bits per heavy atom. The summed E-state index contributed by atoms with van der Waals surface area (Å²) in [5.74, 6) is 0.0261. The maximum absolute atomic E-state index is 12.5. The van der Waals surface area contributed by atoms with E-state index in [4.69, 9.17) is 4.42 Å². The number of halogens is 1. The van der Waals surface area contributed by atoms with Gasteiger partial charge >= 0.3 is 0 Å². The number of hydrazone groups is 1. The molecule has 4 aromatic rings. The summed E-state index contributed by atoms with van der Waals surface area (Å²) < 4.78 is 6.14. The van der Waals surface area contributed by atoms with Crippen LogP contribution >= 0.6 is 38.6 Å². The minimum atomic E-state index is -0.438. The maximum atomic E-state index is 12.5. The molecule has 33 heavy (non-hydrogen) atoms. The Morgan fingerprint density at radius 2 is 1.82 bits per heavy atom. The SMILES string of the molecule is C/C(=N/NC(=O)c1ccc(C(=O)NCc2ccco2)s1)c1csc(-c2ccc(Br)cc2)c1O. The summed E-state index contributed by atoms with van der Waals surface area (Å²) >= 11 is 5.86. The quantitative estimate of drug-likeness (QED) is 0.208. The summed E-state index contributed by atoms with van der Waals surface area (Å²) in [7, 11) is 0. The van der Waals surface area contributed by atoms with Crippen molar-refractivity contribution in [1.29, 1.82) is 0 Å². The molecule has 3 heterocycles. The first kappa shape index (κ1) is 23.0. The zero-order valence-electron chi connectivity index (χ0n) is 17.3. The number of carbonyl (C=O) groups excluding carboxylic acids is 2. The number of benzene rings is 1. The zero-order valence-corrected chi connectivity index (χ0v) is 20.5. The van der Waals surface area contributed by atoms with Gasteiger partial charge in [0.2, 0.25) is 0 Å². The Kier molecular flexibility index (Phi) is 7.07.